The molecule has 1 spiro atoms. The van der Waals surface area contributed by atoms with E-state index < -0.39 is 5.41 Å². The monoisotopic (exact) mass is 864 g/mol. The molecule has 14 rings (SSSR count). The molecule has 0 aliphatic heterocycles. The molecule has 2 aliphatic rings. The first-order valence-corrected chi connectivity index (χ1v) is 23.3. The number of nitrogens with zero attached hydrogens (tertiary/aromatic N) is 4. The summed E-state index contributed by atoms with van der Waals surface area (Å²) in [6, 6.07) is 87.8. The smallest absolute Gasteiger partial charge is 0.164 e. The molecular weight excluding hydrogens is 825 g/mol. The van der Waals surface area contributed by atoms with Crippen LogP contribution in [-0.4, -0.2) is 19.5 Å². The van der Waals surface area contributed by atoms with E-state index >= 15 is 0 Å². The van der Waals surface area contributed by atoms with Gasteiger partial charge in [-0.05, 0) is 109 Å². The van der Waals surface area contributed by atoms with E-state index in [9.17, 15) is 0 Å². The van der Waals surface area contributed by atoms with Crippen molar-refractivity contribution in [1.29, 1.82) is 0 Å². The van der Waals surface area contributed by atoms with Crippen LogP contribution in [0.15, 0.2) is 243 Å². The van der Waals surface area contributed by atoms with Crippen LogP contribution in [0.5, 0.6) is 0 Å². The molecule has 0 N–H and O–H groups in total. The third-order valence-electron chi connectivity index (χ3n) is 14.2. The average Bonchev–Trinajstić information content (AvgIpc) is 4.02. The molecule has 1 atom stereocenters. The lowest BCUT2D eigenvalue weighted by atomic mass is 9.70. The molecular formula is C64H40N4. The molecule has 4 nitrogen and oxygen atoms in total. The first-order valence-electron chi connectivity index (χ1n) is 23.3. The molecule has 316 valence electrons. The lowest BCUT2D eigenvalue weighted by Gasteiger charge is -2.31. The van der Waals surface area contributed by atoms with Crippen LogP contribution in [0.1, 0.15) is 22.3 Å². The Morgan fingerprint density at radius 3 is 1.31 bits per heavy atom. The summed E-state index contributed by atoms with van der Waals surface area (Å²) in [4.78, 5) is 15.5. The first kappa shape index (κ1) is 38.3. The fourth-order valence-electron chi connectivity index (χ4n) is 11.3. The Hall–Kier alpha value is -8.99. The second kappa shape index (κ2) is 15.0. The highest BCUT2D eigenvalue weighted by molar-refractivity contribution is 6.12. The van der Waals surface area contributed by atoms with E-state index in [-0.39, 0.29) is 0 Å². The van der Waals surface area contributed by atoms with Crippen molar-refractivity contribution in [3.8, 4) is 84.4 Å². The molecule has 0 fully saturated rings. The van der Waals surface area contributed by atoms with E-state index in [1.54, 1.807) is 0 Å². The Morgan fingerprint density at radius 2 is 0.721 bits per heavy atom. The summed E-state index contributed by atoms with van der Waals surface area (Å²) in [7, 11) is 0. The van der Waals surface area contributed by atoms with Crippen LogP contribution in [0.25, 0.3) is 106 Å². The number of benzene rings is 10. The lowest BCUT2D eigenvalue weighted by Crippen LogP contribution is -2.26. The van der Waals surface area contributed by atoms with Crippen LogP contribution in [0.2, 0.25) is 0 Å². The Bertz CT molecular complexity index is 3840. The summed E-state index contributed by atoms with van der Waals surface area (Å²) in [6.45, 7) is 0. The van der Waals surface area contributed by atoms with Gasteiger partial charge in [-0.1, -0.05) is 200 Å². The van der Waals surface area contributed by atoms with Crippen molar-refractivity contribution in [2.45, 2.75) is 5.41 Å². The standard InChI is InChI=1S/C64H40N4/c1-5-19-41(20-6-1)46-35-47(42-21-7-2-8-22-42)37-48(36-46)68-59-32-18-15-29-52(59)54-39-53-50-28-14-17-31-56(50)64(58(53)40-60(54)68)55-30-16-13-27-49(55)51-34-33-45(38-57(51)64)63-66-61(43-23-9-3-10-24-43)65-62(67-63)44-25-11-4-12-26-44/h1-40H. The normalized spacial score (nSPS) is 14.2. The van der Waals surface area contributed by atoms with Gasteiger partial charge in [0.15, 0.2) is 17.5 Å². The van der Waals surface area contributed by atoms with Crippen LogP contribution in [0, 0.1) is 0 Å². The van der Waals surface area contributed by atoms with Gasteiger partial charge in [0.05, 0.1) is 16.4 Å². The van der Waals surface area contributed by atoms with Crippen LogP contribution >= 0.6 is 0 Å². The predicted molar refractivity (Wildman–Crippen MR) is 278 cm³/mol. The number of hydrogen-bond acceptors (Lipinski definition) is 3. The molecule has 2 aliphatic carbocycles. The maximum absolute atomic E-state index is 5.22. The summed E-state index contributed by atoms with van der Waals surface area (Å²) < 4.78 is 2.50. The van der Waals surface area contributed by atoms with Crippen molar-refractivity contribution in [2.24, 2.45) is 0 Å². The van der Waals surface area contributed by atoms with E-state index in [0.29, 0.717) is 17.5 Å². The van der Waals surface area contributed by atoms with Gasteiger partial charge in [0.1, 0.15) is 0 Å². The Balaban J connectivity index is 1.05. The van der Waals surface area contributed by atoms with Crippen LogP contribution < -0.4 is 0 Å². The molecule has 12 aromatic rings. The topological polar surface area (TPSA) is 43.6 Å². The number of rotatable bonds is 6. The van der Waals surface area contributed by atoms with Gasteiger partial charge in [0.25, 0.3) is 0 Å². The summed E-state index contributed by atoms with van der Waals surface area (Å²) in [6.07, 6.45) is 0. The zero-order valence-electron chi connectivity index (χ0n) is 36.9. The molecule has 10 aromatic carbocycles. The first-order chi connectivity index (χ1) is 33.7. The molecule has 0 amide bonds. The summed E-state index contributed by atoms with van der Waals surface area (Å²) >= 11 is 0. The SMILES string of the molecule is c1ccc(-c2cc(-c3ccccc3)cc(-n3c4ccccc4c4cc5c(cc43)C3(c4ccccc4-c4ccc(-c6nc(-c7ccccc7)nc(-c7ccccc7)n6)cc43)c3ccccc3-5)c2)cc1. The minimum atomic E-state index is -0.623. The van der Waals surface area contributed by atoms with Gasteiger partial charge in [-0.3, -0.25) is 0 Å². The number of para-hydroxylation sites is 1. The quantitative estimate of drug-likeness (QED) is 0.167. The second-order valence-electron chi connectivity index (χ2n) is 17.9. The van der Waals surface area contributed by atoms with E-state index in [1.165, 1.54) is 88.6 Å². The van der Waals surface area contributed by atoms with Gasteiger partial charge < -0.3 is 4.57 Å². The van der Waals surface area contributed by atoms with Crippen LogP contribution in [0.4, 0.5) is 0 Å². The Kier molecular flexibility index (Phi) is 8.46. The van der Waals surface area contributed by atoms with Crippen LogP contribution in [0.3, 0.4) is 0 Å². The summed E-state index contributed by atoms with van der Waals surface area (Å²) in [5.74, 6) is 1.93. The molecule has 0 saturated carbocycles. The summed E-state index contributed by atoms with van der Waals surface area (Å²) in [5, 5.41) is 2.45. The Labute approximate surface area is 394 Å². The molecule has 1 unspecified atom stereocenters. The van der Waals surface area contributed by atoms with E-state index in [4.69, 9.17) is 15.0 Å². The highest BCUT2D eigenvalue weighted by atomic mass is 15.0. The van der Waals surface area contributed by atoms with E-state index in [1.807, 2.05) is 36.4 Å². The van der Waals surface area contributed by atoms with E-state index in [2.05, 4.69) is 211 Å². The zero-order valence-corrected chi connectivity index (χ0v) is 36.9. The molecule has 68 heavy (non-hydrogen) atoms. The van der Waals surface area contributed by atoms with Crippen molar-refractivity contribution in [3.05, 3.63) is 265 Å². The number of hydrogen-bond donors (Lipinski definition) is 0. The average molecular weight is 865 g/mol. The van der Waals surface area contributed by atoms with Gasteiger partial charge in [-0.2, -0.15) is 0 Å². The van der Waals surface area contributed by atoms with Crippen molar-refractivity contribution in [3.63, 3.8) is 0 Å². The predicted octanol–water partition coefficient (Wildman–Crippen LogP) is 15.6. The van der Waals surface area contributed by atoms with Gasteiger partial charge in [-0.15, -0.1) is 0 Å². The second-order valence-corrected chi connectivity index (χ2v) is 17.9. The van der Waals surface area contributed by atoms with E-state index in [0.717, 1.165) is 22.4 Å². The maximum Gasteiger partial charge on any atom is 0.164 e. The van der Waals surface area contributed by atoms with Gasteiger partial charge in [0.2, 0.25) is 0 Å². The molecule has 0 bridgehead atoms. The van der Waals surface area contributed by atoms with Crippen molar-refractivity contribution < 1.29 is 0 Å². The molecule has 2 heterocycles. The van der Waals surface area contributed by atoms with Crippen molar-refractivity contribution >= 4 is 21.8 Å². The van der Waals surface area contributed by atoms with Gasteiger partial charge in [-0.25, -0.2) is 15.0 Å². The number of fused-ring (bicyclic) bond motifs is 13. The molecule has 0 saturated heterocycles. The molecule has 0 radical (unpaired) electrons. The summed E-state index contributed by atoms with van der Waals surface area (Å²) in [5.41, 5.74) is 20.4. The largest absolute Gasteiger partial charge is 0.309 e. The van der Waals surface area contributed by atoms with Crippen molar-refractivity contribution in [2.75, 3.05) is 0 Å². The maximum atomic E-state index is 5.22. The lowest BCUT2D eigenvalue weighted by molar-refractivity contribution is 0.794. The zero-order chi connectivity index (χ0) is 44.8. The minimum absolute atomic E-state index is 0.623. The number of aromatic nitrogens is 4. The Morgan fingerprint density at radius 1 is 0.265 bits per heavy atom. The fraction of sp³-hybridized carbons (Fsp3) is 0.0156. The molecule has 4 heteroatoms. The van der Waals surface area contributed by atoms with Gasteiger partial charge >= 0.3 is 0 Å². The van der Waals surface area contributed by atoms with Crippen LogP contribution in [-0.2, 0) is 5.41 Å². The third kappa shape index (κ3) is 5.71. The highest BCUT2D eigenvalue weighted by Gasteiger charge is 2.52. The molecule has 2 aromatic heterocycles. The fourth-order valence-corrected chi connectivity index (χ4v) is 11.3. The van der Waals surface area contributed by atoms with Crippen molar-refractivity contribution in [1.82, 2.24) is 19.5 Å². The third-order valence-corrected chi connectivity index (χ3v) is 14.2. The highest BCUT2D eigenvalue weighted by Crippen LogP contribution is 2.64. The minimum Gasteiger partial charge on any atom is -0.309 e. The van der Waals surface area contributed by atoms with Gasteiger partial charge in [0, 0.05) is 33.2 Å².